The number of aromatic nitrogens is 3. The fourth-order valence-electron chi connectivity index (χ4n) is 7.93. The number of benzene rings is 5. The summed E-state index contributed by atoms with van der Waals surface area (Å²) in [5.74, 6) is 9.50. The predicted molar refractivity (Wildman–Crippen MR) is 245 cm³/mol. The number of imidazole rings is 1. The maximum Gasteiger partial charge on any atom is 0 e. The molecule has 1 radical (unpaired) electrons. The minimum absolute atomic E-state index is 0. The molecule has 0 saturated heterocycles. The van der Waals surface area contributed by atoms with Crippen molar-refractivity contribution in [3.8, 4) is 28.3 Å². The van der Waals surface area contributed by atoms with Gasteiger partial charge in [0.1, 0.15) is 5.58 Å². The Balaban J connectivity index is 0.000000208. The summed E-state index contributed by atoms with van der Waals surface area (Å²) in [5.41, 5.74) is 12.4. The fraction of sp³-hybridized carbons (Fsp3) is 0.308. The molecule has 58 heavy (non-hydrogen) atoms. The smallest absolute Gasteiger partial charge is 0 e. The number of nitrogens with zero attached hydrogens (tertiary/aromatic N) is 3. The van der Waals surface area contributed by atoms with Crippen molar-refractivity contribution in [3.63, 3.8) is 0 Å². The number of para-hydroxylation sites is 4. The minimum Gasteiger partial charge on any atom is 0 e. The topological polar surface area (TPSA) is 43.9 Å². The summed E-state index contributed by atoms with van der Waals surface area (Å²) >= 11 is -1.96. The standard InChI is InChI=1S/C31H27N2O.C21H30GeN.Ir/c1-19(2)21-12-9-13-22(20(3)4)29(21)33-27-17-7-6-16-26(27)32-31(33)25-15-10-14-24-23-11-5-8-18-28(23)34-30(24)25;1-8-21(3,4)16(2)18-14-20(17-12-10-9-11-13-17)23-15-19(18)22(5,6)7;/h5-14,16-20H,1-4H3;9-12,14-16H,8H2,1-7H3;/q2*-1;. The Morgan fingerprint density at radius 2 is 1.41 bits per heavy atom. The van der Waals surface area contributed by atoms with Gasteiger partial charge in [-0.2, -0.15) is 0 Å². The fourth-order valence-corrected chi connectivity index (χ4v) is 11.3. The normalized spacial score (nSPS) is 12.6. The van der Waals surface area contributed by atoms with Gasteiger partial charge in [0.05, 0.1) is 22.4 Å². The SMILES string of the molecule is CC(C)c1cccc(C(C)C)c1-n1c(-c2[c-]ccc3c2oc2ccccc23)nc2ccccc21.CCC(C)(C)C(C)c1cc(-c2[c-]cccc2)nc[c]1[Ge]([CH3])([CH3])[CH3].[Ir]. The van der Waals surface area contributed by atoms with Gasteiger partial charge in [0.2, 0.25) is 0 Å². The summed E-state index contributed by atoms with van der Waals surface area (Å²) in [5, 5.41) is 2.20. The summed E-state index contributed by atoms with van der Waals surface area (Å²) in [7, 11) is 0. The zero-order valence-electron chi connectivity index (χ0n) is 36.0. The van der Waals surface area contributed by atoms with Crippen LogP contribution in [0.3, 0.4) is 0 Å². The van der Waals surface area contributed by atoms with E-state index in [2.05, 4.69) is 168 Å². The molecule has 3 aromatic heterocycles. The molecular formula is C52H57GeIrN3O-2. The van der Waals surface area contributed by atoms with Crippen molar-refractivity contribution in [2.24, 2.45) is 5.41 Å². The van der Waals surface area contributed by atoms with Gasteiger partial charge in [-0.25, -0.2) is 0 Å². The molecule has 4 nitrogen and oxygen atoms in total. The molecular weight excluding hydrogens is 947 g/mol. The van der Waals surface area contributed by atoms with Crippen LogP contribution in [0.25, 0.3) is 61.3 Å². The average molecular weight is 1000 g/mol. The summed E-state index contributed by atoms with van der Waals surface area (Å²) in [6, 6.07) is 44.6. The van der Waals surface area contributed by atoms with Gasteiger partial charge >= 0.3 is 145 Å². The maximum absolute atomic E-state index is 6.40. The van der Waals surface area contributed by atoms with Crippen molar-refractivity contribution in [2.75, 3.05) is 0 Å². The summed E-state index contributed by atoms with van der Waals surface area (Å²) in [4.78, 5) is 9.93. The molecule has 5 aromatic carbocycles. The zero-order valence-corrected chi connectivity index (χ0v) is 40.5. The molecule has 0 aliphatic heterocycles. The Hall–Kier alpha value is -4.29. The molecule has 3 heterocycles. The molecule has 0 aliphatic carbocycles. The van der Waals surface area contributed by atoms with E-state index in [4.69, 9.17) is 14.4 Å². The molecule has 0 aliphatic rings. The van der Waals surface area contributed by atoms with Crippen molar-refractivity contribution in [3.05, 3.63) is 144 Å². The predicted octanol–water partition coefficient (Wildman–Crippen LogP) is 14.3. The van der Waals surface area contributed by atoms with E-state index in [0.717, 1.165) is 55.6 Å². The van der Waals surface area contributed by atoms with Crippen molar-refractivity contribution in [2.45, 2.75) is 96.8 Å². The number of hydrogen-bond donors (Lipinski definition) is 0. The van der Waals surface area contributed by atoms with Crippen LogP contribution in [0.2, 0.25) is 17.3 Å². The van der Waals surface area contributed by atoms with Crippen LogP contribution in [-0.4, -0.2) is 27.8 Å². The Kier molecular flexibility index (Phi) is 13.1. The number of fused-ring (bicyclic) bond motifs is 4. The Bertz CT molecular complexity index is 2640. The second-order valence-electron chi connectivity index (χ2n) is 17.8. The second kappa shape index (κ2) is 17.5. The average Bonchev–Trinajstić information content (AvgIpc) is 3.79. The molecule has 0 N–H and O–H groups in total. The molecule has 0 amide bonds. The van der Waals surface area contributed by atoms with E-state index in [-0.39, 0.29) is 20.1 Å². The molecule has 8 aromatic rings. The maximum atomic E-state index is 6.40. The molecule has 1 unspecified atom stereocenters. The van der Waals surface area contributed by atoms with Gasteiger partial charge in [0.15, 0.2) is 0 Å². The first-order chi connectivity index (χ1) is 27.2. The number of furan rings is 1. The first-order valence-electron chi connectivity index (χ1n) is 20.6. The Morgan fingerprint density at radius 3 is 2.07 bits per heavy atom. The largest absolute Gasteiger partial charge is 0 e. The van der Waals surface area contributed by atoms with Gasteiger partial charge in [-0.3, -0.25) is 4.98 Å². The van der Waals surface area contributed by atoms with Gasteiger partial charge in [-0.15, -0.1) is 18.2 Å². The van der Waals surface area contributed by atoms with Crippen LogP contribution >= 0.6 is 0 Å². The van der Waals surface area contributed by atoms with Crippen LogP contribution in [0.5, 0.6) is 0 Å². The van der Waals surface area contributed by atoms with Crippen LogP contribution in [0.4, 0.5) is 0 Å². The van der Waals surface area contributed by atoms with Crippen LogP contribution in [0.15, 0.2) is 120 Å². The van der Waals surface area contributed by atoms with Crippen molar-refractivity contribution >= 4 is 50.6 Å². The van der Waals surface area contributed by atoms with E-state index in [1.54, 1.807) is 4.40 Å². The third kappa shape index (κ3) is 8.42. The molecule has 301 valence electrons. The van der Waals surface area contributed by atoms with Crippen molar-refractivity contribution in [1.29, 1.82) is 0 Å². The molecule has 0 spiro atoms. The zero-order chi connectivity index (χ0) is 40.6. The summed E-state index contributed by atoms with van der Waals surface area (Å²) in [6.45, 7) is 18.5. The Labute approximate surface area is 362 Å². The number of rotatable bonds is 9. The second-order valence-corrected chi connectivity index (χ2v) is 28.4. The van der Waals surface area contributed by atoms with E-state index in [1.165, 1.54) is 28.8 Å². The van der Waals surface area contributed by atoms with Gasteiger partial charge in [-0.05, 0) is 41.2 Å². The van der Waals surface area contributed by atoms with Crippen LogP contribution in [-0.2, 0) is 20.1 Å². The van der Waals surface area contributed by atoms with Crippen LogP contribution < -0.4 is 4.40 Å². The minimum atomic E-state index is -1.96. The molecule has 0 bridgehead atoms. The third-order valence-corrected chi connectivity index (χ3v) is 16.2. The number of hydrogen-bond acceptors (Lipinski definition) is 3. The van der Waals surface area contributed by atoms with Crippen LogP contribution in [0, 0.1) is 17.5 Å². The van der Waals surface area contributed by atoms with Gasteiger partial charge in [-0.1, -0.05) is 87.2 Å². The van der Waals surface area contributed by atoms with Crippen LogP contribution in [0.1, 0.15) is 96.3 Å². The summed E-state index contributed by atoms with van der Waals surface area (Å²) in [6.07, 6.45) is 3.34. The van der Waals surface area contributed by atoms with Gasteiger partial charge in [0.25, 0.3) is 0 Å². The third-order valence-electron chi connectivity index (χ3n) is 12.0. The van der Waals surface area contributed by atoms with E-state index in [9.17, 15) is 0 Å². The van der Waals surface area contributed by atoms with Crippen molar-refractivity contribution < 1.29 is 24.5 Å². The number of pyridine rings is 1. The van der Waals surface area contributed by atoms with E-state index in [0.29, 0.717) is 23.2 Å². The van der Waals surface area contributed by atoms with E-state index in [1.807, 2.05) is 36.4 Å². The monoisotopic (exact) mass is 1010 g/mol. The molecule has 0 saturated carbocycles. The summed E-state index contributed by atoms with van der Waals surface area (Å²) < 4.78 is 10.3. The van der Waals surface area contributed by atoms with E-state index >= 15 is 0 Å². The first kappa shape index (κ1) is 43.3. The quantitative estimate of drug-likeness (QED) is 0.107. The molecule has 6 heteroatoms. The Morgan fingerprint density at radius 1 is 0.741 bits per heavy atom. The van der Waals surface area contributed by atoms with Gasteiger partial charge in [0, 0.05) is 31.2 Å². The first-order valence-corrected chi connectivity index (χ1v) is 28.0. The molecule has 1 atom stereocenters. The van der Waals surface area contributed by atoms with Crippen molar-refractivity contribution in [1.82, 2.24) is 14.5 Å². The molecule has 8 rings (SSSR count). The van der Waals surface area contributed by atoms with E-state index < -0.39 is 13.3 Å². The molecule has 0 fully saturated rings. The van der Waals surface area contributed by atoms with Gasteiger partial charge < -0.3 is 8.98 Å².